The van der Waals surface area contributed by atoms with Crippen molar-refractivity contribution in [2.24, 2.45) is 5.92 Å². The van der Waals surface area contributed by atoms with E-state index < -0.39 is 0 Å². The third-order valence-corrected chi connectivity index (χ3v) is 4.26. The molecule has 2 aliphatic heterocycles. The molecule has 0 saturated carbocycles. The number of rotatable bonds is 1. The highest BCUT2D eigenvalue weighted by Gasteiger charge is 2.32. The Morgan fingerprint density at radius 1 is 1.29 bits per heavy atom. The zero-order valence-electron chi connectivity index (χ0n) is 10.2. The molecule has 0 radical (unpaired) electrons. The minimum absolute atomic E-state index is 0.575. The molecule has 2 atom stereocenters. The van der Waals surface area contributed by atoms with Crippen LogP contribution < -0.4 is 5.32 Å². The molecule has 0 bridgehead atoms. The van der Waals surface area contributed by atoms with Gasteiger partial charge in [0.15, 0.2) is 0 Å². The molecular weight excluding hydrogens is 232 g/mol. The summed E-state index contributed by atoms with van der Waals surface area (Å²) in [6.07, 6.45) is 2.69. The van der Waals surface area contributed by atoms with Crippen molar-refractivity contribution < 1.29 is 0 Å². The van der Waals surface area contributed by atoms with Gasteiger partial charge >= 0.3 is 0 Å². The van der Waals surface area contributed by atoms with Crippen molar-refractivity contribution in [2.45, 2.75) is 25.8 Å². The Kier molecular flexibility index (Phi) is 3.01. The average Bonchev–Trinajstić information content (AvgIpc) is 2.82. The molecule has 1 aromatic rings. The largest absolute Gasteiger partial charge is 0.384 e. The molecule has 2 nitrogen and oxygen atoms in total. The summed E-state index contributed by atoms with van der Waals surface area (Å²) in [5.74, 6) is 0.668. The first kappa shape index (κ1) is 11.4. The van der Waals surface area contributed by atoms with Crippen molar-refractivity contribution in [1.82, 2.24) is 4.90 Å². The van der Waals surface area contributed by atoms with Crippen LogP contribution in [0.25, 0.3) is 0 Å². The molecule has 0 aliphatic carbocycles. The molecule has 92 valence electrons. The molecule has 1 saturated heterocycles. The molecule has 1 fully saturated rings. The Balaban J connectivity index is 1.97. The molecule has 2 unspecified atom stereocenters. The van der Waals surface area contributed by atoms with Crippen LogP contribution in [0, 0.1) is 5.92 Å². The SMILES string of the molecule is CC1CNc2cc(Cl)ccc2C1N1CCCC1. The zero-order chi connectivity index (χ0) is 11.8. The van der Waals surface area contributed by atoms with Gasteiger partial charge in [0.2, 0.25) is 0 Å². The molecule has 0 spiro atoms. The summed E-state index contributed by atoms with van der Waals surface area (Å²) in [7, 11) is 0. The summed E-state index contributed by atoms with van der Waals surface area (Å²) in [6, 6.07) is 6.85. The number of nitrogens with one attached hydrogen (secondary N) is 1. The fourth-order valence-electron chi connectivity index (χ4n) is 3.20. The maximum absolute atomic E-state index is 6.07. The van der Waals surface area contributed by atoms with E-state index in [-0.39, 0.29) is 0 Å². The summed E-state index contributed by atoms with van der Waals surface area (Å²) in [6.45, 7) is 5.89. The van der Waals surface area contributed by atoms with Crippen molar-refractivity contribution >= 4 is 17.3 Å². The van der Waals surface area contributed by atoms with Gasteiger partial charge in [-0.05, 0) is 49.5 Å². The van der Waals surface area contributed by atoms with Gasteiger partial charge in [0.1, 0.15) is 0 Å². The first-order chi connectivity index (χ1) is 8.25. The van der Waals surface area contributed by atoms with Gasteiger partial charge < -0.3 is 5.32 Å². The summed E-state index contributed by atoms with van der Waals surface area (Å²) in [5, 5.41) is 4.32. The van der Waals surface area contributed by atoms with E-state index in [9.17, 15) is 0 Å². The first-order valence-corrected chi connectivity index (χ1v) is 6.91. The lowest BCUT2D eigenvalue weighted by molar-refractivity contribution is 0.185. The van der Waals surface area contributed by atoms with Gasteiger partial charge in [0, 0.05) is 23.3 Å². The Labute approximate surface area is 108 Å². The van der Waals surface area contributed by atoms with Gasteiger partial charge in [-0.1, -0.05) is 24.6 Å². The lowest BCUT2D eigenvalue weighted by atomic mass is 9.88. The fraction of sp³-hybridized carbons (Fsp3) is 0.571. The second-order valence-electron chi connectivity index (χ2n) is 5.28. The van der Waals surface area contributed by atoms with Crippen LogP contribution in [-0.2, 0) is 0 Å². The maximum Gasteiger partial charge on any atom is 0.0426 e. The van der Waals surface area contributed by atoms with Crippen LogP contribution in [-0.4, -0.2) is 24.5 Å². The topological polar surface area (TPSA) is 15.3 Å². The smallest absolute Gasteiger partial charge is 0.0426 e. The number of likely N-dealkylation sites (tertiary alicyclic amines) is 1. The molecule has 1 N–H and O–H groups in total. The van der Waals surface area contributed by atoms with E-state index in [1.807, 2.05) is 6.07 Å². The van der Waals surface area contributed by atoms with Crippen LogP contribution in [0.5, 0.6) is 0 Å². The van der Waals surface area contributed by atoms with E-state index >= 15 is 0 Å². The van der Waals surface area contributed by atoms with Crippen LogP contribution in [0.2, 0.25) is 5.02 Å². The predicted octanol–water partition coefficient (Wildman–Crippen LogP) is 3.54. The van der Waals surface area contributed by atoms with E-state index in [1.54, 1.807) is 0 Å². The molecule has 2 aliphatic rings. The fourth-order valence-corrected chi connectivity index (χ4v) is 3.38. The predicted molar refractivity (Wildman–Crippen MR) is 72.7 cm³/mol. The van der Waals surface area contributed by atoms with Gasteiger partial charge in [-0.2, -0.15) is 0 Å². The number of fused-ring (bicyclic) bond motifs is 1. The summed E-state index contributed by atoms with van der Waals surface area (Å²) < 4.78 is 0. The quantitative estimate of drug-likeness (QED) is 0.820. The molecule has 3 rings (SSSR count). The van der Waals surface area contributed by atoms with Crippen molar-refractivity contribution in [1.29, 1.82) is 0 Å². The monoisotopic (exact) mass is 250 g/mol. The molecule has 0 aromatic heterocycles. The van der Waals surface area contributed by atoms with E-state index in [0.717, 1.165) is 11.6 Å². The van der Waals surface area contributed by atoms with Crippen molar-refractivity contribution in [3.8, 4) is 0 Å². The van der Waals surface area contributed by atoms with Crippen molar-refractivity contribution in [3.63, 3.8) is 0 Å². The minimum atomic E-state index is 0.575. The Bertz CT molecular complexity index is 413. The van der Waals surface area contributed by atoms with Gasteiger partial charge in [0.05, 0.1) is 0 Å². The van der Waals surface area contributed by atoms with Gasteiger partial charge in [0.25, 0.3) is 0 Å². The number of halogens is 1. The molecule has 17 heavy (non-hydrogen) atoms. The third kappa shape index (κ3) is 2.04. The van der Waals surface area contributed by atoms with Crippen molar-refractivity contribution in [2.75, 3.05) is 25.0 Å². The maximum atomic E-state index is 6.07. The summed E-state index contributed by atoms with van der Waals surface area (Å²) in [5.41, 5.74) is 2.66. The van der Waals surface area contributed by atoms with Crippen LogP contribution in [0.4, 0.5) is 5.69 Å². The van der Waals surface area contributed by atoms with E-state index in [0.29, 0.717) is 12.0 Å². The standard InChI is InChI=1S/C14H19ClN2/c1-10-9-16-13-8-11(15)4-5-12(13)14(10)17-6-2-3-7-17/h4-5,8,10,14,16H,2-3,6-7,9H2,1H3. The minimum Gasteiger partial charge on any atom is -0.384 e. The van der Waals surface area contributed by atoms with Crippen LogP contribution in [0.3, 0.4) is 0 Å². The first-order valence-electron chi connectivity index (χ1n) is 6.53. The third-order valence-electron chi connectivity index (χ3n) is 4.02. The van der Waals surface area contributed by atoms with Gasteiger partial charge in [-0.3, -0.25) is 4.90 Å². The van der Waals surface area contributed by atoms with Crippen LogP contribution in [0.15, 0.2) is 18.2 Å². The Hall–Kier alpha value is -0.730. The Morgan fingerprint density at radius 3 is 2.82 bits per heavy atom. The number of nitrogens with zero attached hydrogens (tertiary/aromatic N) is 1. The van der Waals surface area contributed by atoms with E-state index in [2.05, 4.69) is 29.3 Å². The van der Waals surface area contributed by atoms with Crippen molar-refractivity contribution in [3.05, 3.63) is 28.8 Å². The second-order valence-corrected chi connectivity index (χ2v) is 5.71. The van der Waals surface area contributed by atoms with Crippen LogP contribution in [0.1, 0.15) is 31.4 Å². The van der Waals surface area contributed by atoms with Crippen LogP contribution >= 0.6 is 11.6 Å². The second kappa shape index (κ2) is 4.51. The number of benzene rings is 1. The lowest BCUT2D eigenvalue weighted by Gasteiger charge is -2.38. The van der Waals surface area contributed by atoms with E-state index in [4.69, 9.17) is 11.6 Å². The highest BCUT2D eigenvalue weighted by Crippen LogP contribution is 2.40. The Morgan fingerprint density at radius 2 is 2.06 bits per heavy atom. The van der Waals surface area contributed by atoms with Gasteiger partial charge in [-0.15, -0.1) is 0 Å². The molecular formula is C14H19ClN2. The summed E-state index contributed by atoms with van der Waals surface area (Å²) in [4.78, 5) is 2.64. The highest BCUT2D eigenvalue weighted by atomic mass is 35.5. The molecule has 2 heterocycles. The number of anilines is 1. The number of hydrogen-bond donors (Lipinski definition) is 1. The van der Waals surface area contributed by atoms with Gasteiger partial charge in [-0.25, -0.2) is 0 Å². The zero-order valence-corrected chi connectivity index (χ0v) is 11.0. The number of hydrogen-bond acceptors (Lipinski definition) is 2. The lowest BCUT2D eigenvalue weighted by Crippen LogP contribution is -2.37. The highest BCUT2D eigenvalue weighted by molar-refractivity contribution is 6.30. The normalized spacial score (nSPS) is 28.8. The molecule has 3 heteroatoms. The average molecular weight is 251 g/mol. The molecule has 1 aromatic carbocycles. The summed E-state index contributed by atoms with van der Waals surface area (Å²) >= 11 is 6.07. The van der Waals surface area contributed by atoms with E-state index in [1.165, 1.54) is 37.2 Å². The molecule has 0 amide bonds.